The monoisotopic (exact) mass is 250 g/mol. The van der Waals surface area contributed by atoms with Crippen molar-refractivity contribution in [1.29, 1.82) is 0 Å². The number of hydrogen-bond donors (Lipinski definition) is 1. The minimum absolute atomic E-state index is 0.129. The maximum Gasteiger partial charge on any atom is 0.265 e. The second kappa shape index (κ2) is 4.34. The first-order chi connectivity index (χ1) is 7.26. The van der Waals surface area contributed by atoms with Crippen LogP contribution >= 0.6 is 0 Å². The molecule has 4 nitrogen and oxygen atoms in total. The molecule has 0 atom stereocenters. The Morgan fingerprint density at radius 2 is 1.88 bits per heavy atom. The van der Waals surface area contributed by atoms with Gasteiger partial charge in [-0.15, -0.1) is 0 Å². The summed E-state index contributed by atoms with van der Waals surface area (Å²) in [5.41, 5.74) is 4.99. The first-order valence-electron chi connectivity index (χ1n) is 4.37. The minimum atomic E-state index is -3.90. The van der Waals surface area contributed by atoms with Crippen molar-refractivity contribution < 1.29 is 17.2 Å². The van der Waals surface area contributed by atoms with E-state index in [-0.39, 0.29) is 5.69 Å². The summed E-state index contributed by atoms with van der Waals surface area (Å²) >= 11 is 0. The Balaban J connectivity index is 3.48. The molecule has 0 radical (unpaired) electrons. The molecule has 1 rings (SSSR count). The van der Waals surface area contributed by atoms with Crippen molar-refractivity contribution in [1.82, 2.24) is 4.31 Å². The fraction of sp³-hybridized carbons (Fsp3) is 0.333. The number of nitrogens with zero attached hydrogens (tertiary/aromatic N) is 1. The number of hydrogen-bond acceptors (Lipinski definition) is 3. The van der Waals surface area contributed by atoms with Gasteiger partial charge in [0.25, 0.3) is 6.43 Å². The van der Waals surface area contributed by atoms with Crippen LogP contribution in [-0.4, -0.2) is 26.8 Å². The molecule has 0 heterocycles. The zero-order valence-corrected chi connectivity index (χ0v) is 9.63. The molecule has 1 aromatic carbocycles. The van der Waals surface area contributed by atoms with Crippen LogP contribution in [0.3, 0.4) is 0 Å². The quantitative estimate of drug-likeness (QED) is 0.826. The summed E-state index contributed by atoms with van der Waals surface area (Å²) in [4.78, 5) is -0.451. The van der Waals surface area contributed by atoms with Gasteiger partial charge in [0.1, 0.15) is 0 Å². The first kappa shape index (κ1) is 12.9. The third kappa shape index (κ3) is 2.30. The molecule has 1 aromatic rings. The maximum atomic E-state index is 12.6. The van der Waals surface area contributed by atoms with Gasteiger partial charge in [-0.05, 0) is 18.2 Å². The summed E-state index contributed by atoms with van der Waals surface area (Å²) in [6.07, 6.45) is -2.86. The van der Waals surface area contributed by atoms with E-state index in [1.54, 1.807) is 0 Å². The van der Waals surface area contributed by atoms with E-state index >= 15 is 0 Å². The molecule has 7 heteroatoms. The lowest BCUT2D eigenvalue weighted by molar-refractivity contribution is 0.148. The molecule has 16 heavy (non-hydrogen) atoms. The molecule has 0 saturated carbocycles. The molecule has 0 saturated heterocycles. The molecule has 0 aliphatic heterocycles. The number of alkyl halides is 2. The van der Waals surface area contributed by atoms with Gasteiger partial charge in [-0.25, -0.2) is 21.5 Å². The molecule has 0 fully saturated rings. The summed E-state index contributed by atoms with van der Waals surface area (Å²) in [6, 6.07) is 3.31. The van der Waals surface area contributed by atoms with Gasteiger partial charge in [0, 0.05) is 25.3 Å². The molecular weight excluding hydrogens is 238 g/mol. The van der Waals surface area contributed by atoms with Crippen molar-refractivity contribution in [2.45, 2.75) is 11.3 Å². The number of rotatable bonds is 3. The first-order valence-corrected chi connectivity index (χ1v) is 5.81. The molecule has 0 aliphatic carbocycles. The second-order valence-electron chi connectivity index (χ2n) is 3.39. The number of sulfonamides is 1. The summed E-state index contributed by atoms with van der Waals surface area (Å²) in [5.74, 6) is 0. The smallest absolute Gasteiger partial charge is 0.265 e. The fourth-order valence-electron chi connectivity index (χ4n) is 1.15. The summed E-state index contributed by atoms with van der Waals surface area (Å²) in [5, 5.41) is 0. The van der Waals surface area contributed by atoms with Crippen LogP contribution in [0.15, 0.2) is 23.1 Å². The predicted molar refractivity (Wildman–Crippen MR) is 56.7 cm³/mol. The second-order valence-corrected chi connectivity index (χ2v) is 5.51. The van der Waals surface area contributed by atoms with Crippen LogP contribution in [-0.2, 0) is 10.0 Å². The molecule has 90 valence electrons. The topological polar surface area (TPSA) is 63.4 Å². The molecule has 0 bridgehead atoms. The largest absolute Gasteiger partial charge is 0.399 e. The van der Waals surface area contributed by atoms with E-state index in [1.807, 2.05) is 0 Å². The van der Waals surface area contributed by atoms with Gasteiger partial charge in [0.15, 0.2) is 0 Å². The van der Waals surface area contributed by atoms with Gasteiger partial charge in [0.05, 0.1) is 4.90 Å². The third-order valence-electron chi connectivity index (χ3n) is 2.03. The highest BCUT2D eigenvalue weighted by Gasteiger charge is 2.25. The van der Waals surface area contributed by atoms with Crippen molar-refractivity contribution in [2.24, 2.45) is 0 Å². The van der Waals surface area contributed by atoms with E-state index < -0.39 is 26.9 Å². The Kier molecular flexibility index (Phi) is 3.49. The van der Waals surface area contributed by atoms with Crippen LogP contribution in [0.2, 0.25) is 0 Å². The molecule has 0 amide bonds. The molecule has 0 spiro atoms. The van der Waals surface area contributed by atoms with E-state index in [9.17, 15) is 17.2 Å². The van der Waals surface area contributed by atoms with E-state index in [4.69, 9.17) is 5.73 Å². The lowest BCUT2D eigenvalue weighted by Gasteiger charge is -2.15. The van der Waals surface area contributed by atoms with E-state index in [1.165, 1.54) is 20.2 Å². The van der Waals surface area contributed by atoms with Crippen LogP contribution in [0.1, 0.15) is 12.0 Å². The summed E-state index contributed by atoms with van der Waals surface area (Å²) in [6.45, 7) is 0. The van der Waals surface area contributed by atoms with E-state index in [2.05, 4.69) is 0 Å². The Morgan fingerprint density at radius 3 is 2.31 bits per heavy atom. The Labute approximate surface area is 92.7 Å². The van der Waals surface area contributed by atoms with Crippen molar-refractivity contribution in [3.8, 4) is 0 Å². The van der Waals surface area contributed by atoms with Crippen LogP contribution < -0.4 is 5.73 Å². The molecule has 0 aliphatic rings. The number of nitrogen functional groups attached to an aromatic ring is 1. The van der Waals surface area contributed by atoms with Gasteiger partial charge < -0.3 is 5.73 Å². The highest BCUT2D eigenvalue weighted by atomic mass is 32.2. The average molecular weight is 250 g/mol. The maximum absolute atomic E-state index is 12.6. The zero-order valence-electron chi connectivity index (χ0n) is 8.81. The average Bonchev–Trinajstić information content (AvgIpc) is 2.16. The minimum Gasteiger partial charge on any atom is -0.399 e. The number of benzene rings is 1. The van der Waals surface area contributed by atoms with Crippen LogP contribution in [0.25, 0.3) is 0 Å². The van der Waals surface area contributed by atoms with Gasteiger partial charge in [0.2, 0.25) is 10.0 Å². The Hall–Kier alpha value is -1.21. The van der Waals surface area contributed by atoms with Gasteiger partial charge in [-0.2, -0.15) is 0 Å². The van der Waals surface area contributed by atoms with E-state index in [0.29, 0.717) is 0 Å². The zero-order chi connectivity index (χ0) is 12.5. The number of nitrogens with two attached hydrogens (primary N) is 1. The number of halogens is 2. The fourth-order valence-corrected chi connectivity index (χ4v) is 2.28. The lowest BCUT2D eigenvalue weighted by Crippen LogP contribution is -2.23. The lowest BCUT2D eigenvalue weighted by atomic mass is 10.2. The highest BCUT2D eigenvalue weighted by molar-refractivity contribution is 7.89. The highest BCUT2D eigenvalue weighted by Crippen LogP contribution is 2.29. The Bertz CT molecular complexity index is 486. The van der Waals surface area contributed by atoms with E-state index in [0.717, 1.165) is 16.4 Å². The van der Waals surface area contributed by atoms with Crippen molar-refractivity contribution >= 4 is 15.7 Å². The number of anilines is 1. The normalized spacial score (nSPS) is 12.4. The standard InChI is InChI=1S/C9H12F2N2O2S/c1-13(2)16(14,15)8-5-6(12)3-4-7(8)9(10)11/h3-5,9H,12H2,1-2H3. The molecule has 2 N–H and O–H groups in total. The SMILES string of the molecule is CN(C)S(=O)(=O)c1cc(N)ccc1C(F)F. The van der Waals surface area contributed by atoms with Crippen LogP contribution in [0.4, 0.5) is 14.5 Å². The van der Waals surface area contributed by atoms with Crippen molar-refractivity contribution in [3.63, 3.8) is 0 Å². The predicted octanol–water partition coefficient (Wildman–Crippen LogP) is 1.46. The summed E-state index contributed by atoms with van der Waals surface area (Å²) < 4.78 is 49.6. The molecular formula is C9H12F2N2O2S. The third-order valence-corrected chi connectivity index (χ3v) is 3.90. The molecule has 0 unspecified atom stereocenters. The van der Waals surface area contributed by atoms with Crippen LogP contribution in [0.5, 0.6) is 0 Å². The van der Waals surface area contributed by atoms with Gasteiger partial charge in [-0.3, -0.25) is 0 Å². The van der Waals surface area contributed by atoms with Crippen LogP contribution in [0, 0.1) is 0 Å². The van der Waals surface area contributed by atoms with Crippen molar-refractivity contribution in [3.05, 3.63) is 23.8 Å². The van der Waals surface area contributed by atoms with Gasteiger partial charge in [-0.1, -0.05) is 0 Å². The van der Waals surface area contributed by atoms with Crippen molar-refractivity contribution in [2.75, 3.05) is 19.8 Å². The summed E-state index contributed by atoms with van der Waals surface area (Å²) in [7, 11) is -1.36. The Morgan fingerprint density at radius 1 is 1.31 bits per heavy atom. The molecule has 0 aromatic heterocycles. The van der Waals surface area contributed by atoms with Gasteiger partial charge >= 0.3 is 0 Å².